The minimum Gasteiger partial charge on any atom is -0.318 e. The summed E-state index contributed by atoms with van der Waals surface area (Å²) in [5, 5.41) is 12.8. The maximum absolute atomic E-state index is 12.1. The van der Waals surface area contributed by atoms with E-state index in [4.69, 9.17) is 17.3 Å². The monoisotopic (exact) mass is 374 g/mol. The highest BCUT2D eigenvalue weighted by molar-refractivity contribution is 7.15. The Morgan fingerprint density at radius 2 is 2.17 bits per heavy atom. The number of hydrogen-bond donors (Lipinski definition) is 2. The number of nitrogens with one attached hydrogen (secondary N) is 1. The van der Waals surface area contributed by atoms with Gasteiger partial charge in [0.15, 0.2) is 0 Å². The molecule has 0 bridgehead atoms. The molecule has 126 valence electrons. The molecular formula is C15H20Cl2N4OS. The third-order valence-electron chi connectivity index (χ3n) is 3.22. The Labute approximate surface area is 151 Å². The van der Waals surface area contributed by atoms with E-state index >= 15 is 0 Å². The molecule has 0 saturated heterocycles. The molecule has 1 aromatic heterocycles. The van der Waals surface area contributed by atoms with Crippen LogP contribution < -0.4 is 11.1 Å². The number of aromatic nitrogens is 2. The molecule has 0 aliphatic rings. The highest BCUT2D eigenvalue weighted by Gasteiger charge is 2.28. The summed E-state index contributed by atoms with van der Waals surface area (Å²) >= 11 is 7.30. The molecule has 1 unspecified atom stereocenters. The lowest BCUT2D eigenvalue weighted by molar-refractivity contribution is -0.120. The molecule has 1 atom stereocenters. The molecule has 1 aromatic carbocycles. The third kappa shape index (κ3) is 5.73. The topological polar surface area (TPSA) is 80.9 Å². The van der Waals surface area contributed by atoms with Crippen LogP contribution in [-0.4, -0.2) is 21.6 Å². The van der Waals surface area contributed by atoms with E-state index < -0.39 is 5.54 Å². The number of carbonyl (C=O) groups excluding carboxylic acids is 1. The van der Waals surface area contributed by atoms with E-state index in [2.05, 4.69) is 15.5 Å². The largest absolute Gasteiger partial charge is 0.318 e. The van der Waals surface area contributed by atoms with E-state index in [0.29, 0.717) is 23.0 Å². The van der Waals surface area contributed by atoms with Crippen molar-refractivity contribution in [1.29, 1.82) is 0 Å². The zero-order valence-corrected chi connectivity index (χ0v) is 15.4. The van der Waals surface area contributed by atoms with E-state index in [9.17, 15) is 4.79 Å². The van der Waals surface area contributed by atoms with Crippen LogP contribution in [0.1, 0.15) is 37.3 Å². The summed E-state index contributed by atoms with van der Waals surface area (Å²) < 4.78 is 0. The molecule has 0 spiro atoms. The van der Waals surface area contributed by atoms with Gasteiger partial charge in [0.25, 0.3) is 0 Å². The van der Waals surface area contributed by atoms with E-state index in [1.54, 1.807) is 6.92 Å². The highest BCUT2D eigenvalue weighted by Crippen LogP contribution is 2.21. The number of nitrogens with zero attached hydrogens (tertiary/aromatic N) is 2. The van der Waals surface area contributed by atoms with Crippen LogP contribution in [0.3, 0.4) is 0 Å². The first kappa shape index (κ1) is 19.8. The SMILES string of the molecule is CCCC(C)(N)C(=O)Nc1nnc(Cc2cccc(Cl)c2)s1.Cl. The van der Waals surface area contributed by atoms with Crippen LogP contribution in [0.25, 0.3) is 0 Å². The Kier molecular flexibility index (Phi) is 7.41. The minimum atomic E-state index is -0.895. The minimum absolute atomic E-state index is 0. The van der Waals surface area contributed by atoms with Gasteiger partial charge < -0.3 is 5.73 Å². The Balaban J connectivity index is 0.00000264. The van der Waals surface area contributed by atoms with Crippen LogP contribution in [0.4, 0.5) is 5.13 Å². The van der Waals surface area contributed by atoms with Crippen LogP contribution in [0.15, 0.2) is 24.3 Å². The van der Waals surface area contributed by atoms with Gasteiger partial charge in [-0.15, -0.1) is 22.6 Å². The summed E-state index contributed by atoms with van der Waals surface area (Å²) in [5.41, 5.74) is 6.15. The number of amides is 1. The quantitative estimate of drug-likeness (QED) is 0.807. The van der Waals surface area contributed by atoms with Gasteiger partial charge in [-0.05, 0) is 31.0 Å². The van der Waals surface area contributed by atoms with Gasteiger partial charge in [-0.25, -0.2) is 0 Å². The average Bonchev–Trinajstić information content (AvgIpc) is 2.86. The van der Waals surface area contributed by atoms with Crippen LogP contribution in [0, 0.1) is 0 Å². The summed E-state index contributed by atoms with van der Waals surface area (Å²) in [4.78, 5) is 12.1. The molecular weight excluding hydrogens is 355 g/mol. The Morgan fingerprint density at radius 3 is 2.83 bits per heavy atom. The van der Waals surface area contributed by atoms with Crippen LogP contribution >= 0.6 is 35.3 Å². The summed E-state index contributed by atoms with van der Waals surface area (Å²) in [5.74, 6) is -0.236. The average molecular weight is 375 g/mol. The van der Waals surface area contributed by atoms with E-state index in [1.807, 2.05) is 31.2 Å². The van der Waals surface area contributed by atoms with Crippen LogP contribution in [0.5, 0.6) is 0 Å². The predicted octanol–water partition coefficient (Wildman–Crippen LogP) is 3.66. The van der Waals surface area contributed by atoms with Gasteiger partial charge in [-0.1, -0.05) is 48.4 Å². The molecule has 8 heteroatoms. The second-order valence-electron chi connectivity index (χ2n) is 5.43. The van der Waals surface area contributed by atoms with Crippen molar-refractivity contribution in [2.45, 2.75) is 38.6 Å². The van der Waals surface area contributed by atoms with Gasteiger partial charge in [0, 0.05) is 11.4 Å². The molecule has 5 nitrogen and oxygen atoms in total. The zero-order valence-electron chi connectivity index (χ0n) is 13.0. The van der Waals surface area contributed by atoms with Crippen molar-refractivity contribution < 1.29 is 4.79 Å². The summed E-state index contributed by atoms with van der Waals surface area (Å²) in [6.45, 7) is 3.71. The first-order valence-corrected chi connectivity index (χ1v) is 8.27. The van der Waals surface area contributed by atoms with Gasteiger partial charge in [0.05, 0.1) is 5.54 Å². The predicted molar refractivity (Wildman–Crippen MR) is 97.5 cm³/mol. The molecule has 2 aromatic rings. The molecule has 3 N–H and O–H groups in total. The lowest BCUT2D eigenvalue weighted by Crippen LogP contribution is -2.48. The second-order valence-corrected chi connectivity index (χ2v) is 6.93. The summed E-state index contributed by atoms with van der Waals surface area (Å²) in [6, 6.07) is 7.59. The maximum atomic E-state index is 12.1. The molecule has 1 heterocycles. The number of carbonyl (C=O) groups is 1. The molecule has 23 heavy (non-hydrogen) atoms. The van der Waals surface area contributed by atoms with E-state index in [0.717, 1.165) is 17.0 Å². The molecule has 1 amide bonds. The van der Waals surface area contributed by atoms with Gasteiger partial charge in [-0.3, -0.25) is 10.1 Å². The van der Waals surface area contributed by atoms with Gasteiger partial charge in [0.2, 0.25) is 11.0 Å². The van der Waals surface area contributed by atoms with Crippen molar-refractivity contribution in [2.75, 3.05) is 5.32 Å². The Bertz CT molecular complexity index is 660. The van der Waals surface area contributed by atoms with Crippen molar-refractivity contribution in [2.24, 2.45) is 5.73 Å². The summed E-state index contributed by atoms with van der Waals surface area (Å²) in [6.07, 6.45) is 2.09. The molecule has 0 aliphatic carbocycles. The van der Waals surface area contributed by atoms with Crippen molar-refractivity contribution >= 4 is 46.4 Å². The number of rotatable bonds is 6. The van der Waals surface area contributed by atoms with Crippen LogP contribution in [-0.2, 0) is 11.2 Å². The summed E-state index contributed by atoms with van der Waals surface area (Å²) in [7, 11) is 0. The fourth-order valence-corrected chi connectivity index (χ4v) is 3.05. The molecule has 0 fully saturated rings. The molecule has 0 aliphatic heterocycles. The maximum Gasteiger partial charge on any atom is 0.245 e. The van der Waals surface area contributed by atoms with Gasteiger partial charge in [-0.2, -0.15) is 0 Å². The molecule has 2 rings (SSSR count). The smallest absolute Gasteiger partial charge is 0.245 e. The van der Waals surface area contributed by atoms with E-state index in [1.165, 1.54) is 11.3 Å². The number of anilines is 1. The fraction of sp³-hybridized carbons (Fsp3) is 0.400. The Morgan fingerprint density at radius 1 is 1.43 bits per heavy atom. The third-order valence-corrected chi connectivity index (χ3v) is 4.29. The molecule has 0 radical (unpaired) electrons. The van der Waals surface area contributed by atoms with Gasteiger partial charge >= 0.3 is 0 Å². The normalized spacial score (nSPS) is 13.0. The second kappa shape index (κ2) is 8.59. The van der Waals surface area contributed by atoms with Crippen molar-refractivity contribution in [1.82, 2.24) is 10.2 Å². The van der Waals surface area contributed by atoms with Crippen molar-refractivity contribution in [3.8, 4) is 0 Å². The lowest BCUT2D eigenvalue weighted by atomic mass is 9.97. The Hall–Kier alpha value is -1.21. The van der Waals surface area contributed by atoms with Crippen LogP contribution in [0.2, 0.25) is 5.02 Å². The van der Waals surface area contributed by atoms with Crippen molar-refractivity contribution in [3.05, 3.63) is 39.9 Å². The lowest BCUT2D eigenvalue weighted by Gasteiger charge is -2.21. The highest BCUT2D eigenvalue weighted by atomic mass is 35.5. The first-order valence-electron chi connectivity index (χ1n) is 7.08. The van der Waals surface area contributed by atoms with Crippen molar-refractivity contribution in [3.63, 3.8) is 0 Å². The van der Waals surface area contributed by atoms with E-state index in [-0.39, 0.29) is 18.3 Å². The number of halogens is 2. The number of hydrogen-bond acceptors (Lipinski definition) is 5. The number of benzene rings is 1. The fourth-order valence-electron chi connectivity index (χ4n) is 2.07. The molecule has 0 saturated carbocycles. The standard InChI is InChI=1S/C15H19ClN4OS.ClH/c1-3-7-15(2,17)13(21)18-14-20-19-12(22-14)9-10-5-4-6-11(16)8-10;/h4-6,8H,3,7,9,17H2,1-2H3,(H,18,20,21);1H. The number of nitrogens with two attached hydrogens (primary N) is 1. The van der Waals surface area contributed by atoms with Gasteiger partial charge in [0.1, 0.15) is 5.01 Å². The first-order chi connectivity index (χ1) is 10.4. The zero-order chi connectivity index (χ0) is 16.2.